The summed E-state index contributed by atoms with van der Waals surface area (Å²) in [6.45, 7) is 16.0. The molecule has 0 atom stereocenters. The predicted molar refractivity (Wildman–Crippen MR) is 154 cm³/mol. The van der Waals surface area contributed by atoms with Crippen LogP contribution in [0.1, 0.15) is 51.9 Å². The maximum Gasteiger partial charge on any atom is 0.332 e. The Bertz CT molecular complexity index is 830. The van der Waals surface area contributed by atoms with Crippen molar-refractivity contribution >= 4 is 25.3 Å². The third-order valence-electron chi connectivity index (χ3n) is 4.36. The molecule has 1 aromatic rings. The topological polar surface area (TPSA) is 123 Å². The lowest BCUT2D eigenvalue weighted by molar-refractivity contribution is 0.0388. The highest BCUT2D eigenvalue weighted by atomic mass is 31.2. The lowest BCUT2D eigenvalue weighted by atomic mass is 10.2. The van der Waals surface area contributed by atoms with Gasteiger partial charge in [-0.25, -0.2) is 0 Å². The van der Waals surface area contributed by atoms with Gasteiger partial charge in [-0.2, -0.15) is 0 Å². The molecule has 0 unspecified atom stereocenters. The van der Waals surface area contributed by atoms with E-state index in [1.165, 1.54) is 0 Å². The summed E-state index contributed by atoms with van der Waals surface area (Å²) < 4.78 is 49.0. The van der Waals surface area contributed by atoms with Gasteiger partial charge in [0.05, 0.1) is 59.0 Å². The van der Waals surface area contributed by atoms with Crippen LogP contribution in [0.2, 0.25) is 0 Å². The number of hydrogen-bond acceptors (Lipinski definition) is 11. The van der Waals surface area contributed by atoms with Gasteiger partial charge in [0.25, 0.3) is 0 Å². The normalized spacial score (nSPS) is 10.8. The first-order valence-corrected chi connectivity index (χ1v) is 14.8. The number of benzene rings is 1. The van der Waals surface area contributed by atoms with Crippen molar-refractivity contribution < 1.29 is 42.1 Å². The molecule has 0 saturated carbocycles. The molecule has 0 spiro atoms. The molecule has 0 fully saturated rings. The van der Waals surface area contributed by atoms with Crippen LogP contribution in [-0.2, 0) is 32.6 Å². The van der Waals surface area contributed by atoms with Gasteiger partial charge in [-0.05, 0) is 65.8 Å². The Morgan fingerprint density at radius 1 is 0.718 bits per heavy atom. The molecule has 0 bridgehead atoms. The standard InChI is InChI=1S/C15H21NO4.C12H26NO5P/c1-13(2)16-12-19-8-7-18-9-10-20-15-5-3-14(11-17)4-6-15;1-5-17-19(14,18-6-2)10-9-15-7-8-16-11-13-12(3)4/h3-6,11H,7-10,12H2,1-2H3;5-11H2,1-4H3. The predicted octanol–water partition coefficient (Wildman–Crippen LogP) is 5.07. The Labute approximate surface area is 233 Å². The number of rotatable bonds is 22. The highest BCUT2D eigenvalue weighted by Gasteiger charge is 2.22. The molecule has 0 radical (unpaired) electrons. The molecule has 0 heterocycles. The zero-order valence-electron chi connectivity index (χ0n) is 24.4. The van der Waals surface area contributed by atoms with Crippen LogP contribution in [-0.4, -0.2) is 96.8 Å². The monoisotopic (exact) mass is 574 g/mol. The first-order valence-electron chi connectivity index (χ1n) is 13.1. The molecular weight excluding hydrogens is 527 g/mol. The van der Waals surface area contributed by atoms with Gasteiger partial charge in [0.2, 0.25) is 0 Å². The van der Waals surface area contributed by atoms with Gasteiger partial charge in [-0.1, -0.05) is 0 Å². The van der Waals surface area contributed by atoms with Gasteiger partial charge in [0, 0.05) is 17.0 Å². The van der Waals surface area contributed by atoms with Crippen LogP contribution in [0.15, 0.2) is 34.3 Å². The number of ether oxygens (including phenoxy) is 5. The summed E-state index contributed by atoms with van der Waals surface area (Å²) in [5.41, 5.74) is 2.62. The summed E-state index contributed by atoms with van der Waals surface area (Å²) in [6, 6.07) is 6.95. The van der Waals surface area contributed by atoms with Crippen molar-refractivity contribution in [2.45, 2.75) is 41.5 Å². The van der Waals surface area contributed by atoms with E-state index in [9.17, 15) is 9.36 Å². The summed E-state index contributed by atoms with van der Waals surface area (Å²) in [5, 5.41) is 0. The number of carbonyl (C=O) groups excluding carboxylic acids is 1. The minimum Gasteiger partial charge on any atom is -0.491 e. The van der Waals surface area contributed by atoms with Crippen LogP contribution in [0.3, 0.4) is 0 Å². The maximum atomic E-state index is 12.0. The van der Waals surface area contributed by atoms with Crippen LogP contribution in [0.4, 0.5) is 0 Å². The second-order valence-electron chi connectivity index (χ2n) is 8.22. The van der Waals surface area contributed by atoms with E-state index in [4.69, 9.17) is 32.7 Å². The van der Waals surface area contributed by atoms with Gasteiger partial charge < -0.3 is 32.7 Å². The zero-order valence-corrected chi connectivity index (χ0v) is 25.3. The Balaban J connectivity index is 0.000000742. The van der Waals surface area contributed by atoms with Crippen LogP contribution in [0.25, 0.3) is 0 Å². The van der Waals surface area contributed by atoms with Crippen LogP contribution < -0.4 is 4.74 Å². The van der Waals surface area contributed by atoms with Crippen molar-refractivity contribution in [3.63, 3.8) is 0 Å². The largest absolute Gasteiger partial charge is 0.491 e. The lowest BCUT2D eigenvalue weighted by Crippen LogP contribution is -2.11. The van der Waals surface area contributed by atoms with E-state index in [2.05, 4.69) is 9.98 Å². The van der Waals surface area contributed by atoms with Gasteiger partial charge >= 0.3 is 7.60 Å². The summed E-state index contributed by atoms with van der Waals surface area (Å²) >= 11 is 0. The van der Waals surface area contributed by atoms with E-state index in [1.807, 2.05) is 27.7 Å². The SMILES string of the molecule is CC(C)=NCOCCOCCOc1ccc(C=O)cc1.CCOP(=O)(CCOCCOCN=C(C)C)OCC. The number of nitrogens with zero attached hydrogens (tertiary/aromatic N) is 2. The minimum atomic E-state index is -2.98. The van der Waals surface area contributed by atoms with Crippen molar-refractivity contribution in [1.29, 1.82) is 0 Å². The Hall–Kier alpha value is -1.98. The quantitative estimate of drug-likeness (QED) is 0.0808. The summed E-state index contributed by atoms with van der Waals surface area (Å²) in [7, 11) is -2.98. The third kappa shape index (κ3) is 23.6. The number of aldehydes is 1. The van der Waals surface area contributed by atoms with Crippen molar-refractivity contribution in [1.82, 2.24) is 0 Å². The fourth-order valence-corrected chi connectivity index (χ4v) is 3.99. The molecule has 0 aliphatic carbocycles. The number of aliphatic imine (C=N–C) groups is 2. The number of carbonyl (C=O) groups is 1. The van der Waals surface area contributed by atoms with E-state index >= 15 is 0 Å². The average molecular weight is 575 g/mol. The minimum absolute atomic E-state index is 0.265. The maximum absolute atomic E-state index is 12.0. The van der Waals surface area contributed by atoms with Gasteiger partial charge in [-0.3, -0.25) is 19.3 Å². The van der Waals surface area contributed by atoms with Crippen molar-refractivity contribution in [2.24, 2.45) is 9.98 Å². The van der Waals surface area contributed by atoms with Crippen LogP contribution in [0.5, 0.6) is 5.75 Å². The molecule has 1 aromatic carbocycles. The molecule has 39 heavy (non-hydrogen) atoms. The van der Waals surface area contributed by atoms with E-state index in [1.54, 1.807) is 38.1 Å². The van der Waals surface area contributed by atoms with Gasteiger partial charge in [0.15, 0.2) is 0 Å². The summed E-state index contributed by atoms with van der Waals surface area (Å²) in [4.78, 5) is 18.7. The highest BCUT2D eigenvalue weighted by molar-refractivity contribution is 7.53. The third-order valence-corrected chi connectivity index (χ3v) is 6.40. The van der Waals surface area contributed by atoms with E-state index in [-0.39, 0.29) is 6.16 Å². The molecule has 0 N–H and O–H groups in total. The molecule has 224 valence electrons. The van der Waals surface area contributed by atoms with Crippen molar-refractivity contribution in [3.05, 3.63) is 29.8 Å². The first kappa shape index (κ1) is 37.0. The lowest BCUT2D eigenvalue weighted by Gasteiger charge is -2.16. The molecule has 0 aromatic heterocycles. The molecular formula is C27H47N2O9P. The highest BCUT2D eigenvalue weighted by Crippen LogP contribution is 2.47. The fraction of sp³-hybridized carbons (Fsp3) is 0.667. The average Bonchev–Trinajstić information content (AvgIpc) is 2.90. The Morgan fingerprint density at radius 2 is 1.18 bits per heavy atom. The smallest absolute Gasteiger partial charge is 0.332 e. The summed E-state index contributed by atoms with van der Waals surface area (Å²) in [6.07, 6.45) is 1.07. The molecule has 12 heteroatoms. The first-order chi connectivity index (χ1) is 18.8. The van der Waals surface area contributed by atoms with Crippen molar-refractivity contribution in [3.8, 4) is 5.75 Å². The molecule has 0 amide bonds. The Kier molecular flexibility index (Phi) is 23.7. The zero-order chi connectivity index (χ0) is 29.2. The fourth-order valence-electron chi connectivity index (χ4n) is 2.52. The second kappa shape index (κ2) is 25.0. The molecule has 11 nitrogen and oxygen atoms in total. The van der Waals surface area contributed by atoms with Crippen LogP contribution in [0, 0.1) is 0 Å². The van der Waals surface area contributed by atoms with E-state index in [0.717, 1.165) is 23.5 Å². The number of hydrogen-bond donors (Lipinski definition) is 0. The molecule has 0 aliphatic rings. The van der Waals surface area contributed by atoms with Gasteiger partial charge in [0.1, 0.15) is 32.1 Å². The van der Waals surface area contributed by atoms with E-state index < -0.39 is 7.60 Å². The Morgan fingerprint density at radius 3 is 1.64 bits per heavy atom. The molecule has 0 saturated heterocycles. The van der Waals surface area contributed by atoms with Gasteiger partial charge in [-0.15, -0.1) is 0 Å². The molecule has 0 aliphatic heterocycles. The summed E-state index contributed by atoms with van der Waals surface area (Å²) in [5.74, 6) is 0.725. The second-order valence-corrected chi connectivity index (χ2v) is 10.4. The van der Waals surface area contributed by atoms with Crippen molar-refractivity contribution in [2.75, 3.05) is 79.1 Å². The molecule has 1 rings (SSSR count). The van der Waals surface area contributed by atoms with E-state index in [0.29, 0.717) is 78.5 Å². The van der Waals surface area contributed by atoms with Crippen LogP contribution >= 0.6 is 7.60 Å².